The molecule has 0 aromatic heterocycles. The fraction of sp³-hybridized carbons (Fsp3) is 0.500. The largest absolute Gasteiger partial charge is 0.393 e. The molecule has 1 aromatic rings. The van der Waals surface area contributed by atoms with Crippen LogP contribution in [0.25, 0.3) is 0 Å². The molecule has 0 radical (unpaired) electrons. The number of rotatable bonds is 2. The molecule has 1 aromatic carbocycles. The van der Waals surface area contributed by atoms with Crippen LogP contribution in [0.4, 0.5) is 0 Å². The molecule has 1 fully saturated rings. The van der Waals surface area contributed by atoms with E-state index in [0.29, 0.717) is 0 Å². The van der Waals surface area contributed by atoms with Gasteiger partial charge in [0.25, 0.3) is 0 Å². The lowest BCUT2D eigenvalue weighted by molar-refractivity contribution is 0.0791. The van der Waals surface area contributed by atoms with Gasteiger partial charge in [0.05, 0.1) is 6.10 Å². The average Bonchev–Trinajstić information content (AvgIpc) is 2.27. The van der Waals surface area contributed by atoms with Crippen LogP contribution in [0, 0.1) is 5.92 Å². The van der Waals surface area contributed by atoms with Gasteiger partial charge in [-0.25, -0.2) is 0 Å². The van der Waals surface area contributed by atoms with Crippen molar-refractivity contribution in [2.45, 2.75) is 18.9 Å². The lowest BCUT2D eigenvalue weighted by Gasteiger charge is -2.28. The number of aliphatic hydroxyl groups excluding tert-OH is 1. The molecule has 2 nitrogen and oxygen atoms in total. The molecule has 2 atom stereocenters. The number of halogens is 3. The highest BCUT2D eigenvalue weighted by Gasteiger charge is 2.23. The maximum Gasteiger partial charge on any atom is 0.0595 e. The van der Waals surface area contributed by atoms with Crippen LogP contribution in [0.3, 0.4) is 0 Å². The molecule has 0 bridgehead atoms. The standard InChI is InChI=1S/C12H15BrClNO.ClH/c13-10-1-2-11(14)8(6-10)5-9-7-15-4-3-12(9)16;/h1-2,6,9,12,15-16H,3-5,7H2;1H/t9-,12?;/m0./s1. The van der Waals surface area contributed by atoms with E-state index in [1.165, 1.54) is 0 Å². The molecular weight excluding hydrogens is 325 g/mol. The van der Waals surface area contributed by atoms with Crippen molar-refractivity contribution in [2.24, 2.45) is 5.92 Å². The first kappa shape index (κ1) is 15.3. The van der Waals surface area contributed by atoms with Gasteiger partial charge in [-0.1, -0.05) is 27.5 Å². The number of nitrogens with one attached hydrogen (secondary N) is 1. The summed E-state index contributed by atoms with van der Waals surface area (Å²) in [6.07, 6.45) is 1.44. The van der Waals surface area contributed by atoms with Gasteiger partial charge >= 0.3 is 0 Å². The van der Waals surface area contributed by atoms with Crippen molar-refractivity contribution in [1.82, 2.24) is 5.32 Å². The molecule has 2 rings (SSSR count). The van der Waals surface area contributed by atoms with Crippen LogP contribution in [0.5, 0.6) is 0 Å². The van der Waals surface area contributed by atoms with Crippen LogP contribution >= 0.6 is 39.9 Å². The molecule has 0 amide bonds. The first-order valence-electron chi connectivity index (χ1n) is 5.49. The molecular formula is C12H16BrCl2NO. The molecule has 2 N–H and O–H groups in total. The lowest BCUT2D eigenvalue weighted by atomic mass is 9.90. The van der Waals surface area contributed by atoms with Crippen LogP contribution in [0.15, 0.2) is 22.7 Å². The van der Waals surface area contributed by atoms with E-state index >= 15 is 0 Å². The molecule has 1 saturated heterocycles. The first-order valence-corrected chi connectivity index (χ1v) is 6.66. The van der Waals surface area contributed by atoms with Gasteiger partial charge in [-0.2, -0.15) is 0 Å². The average molecular weight is 341 g/mol. The summed E-state index contributed by atoms with van der Waals surface area (Å²) in [6, 6.07) is 5.86. The SMILES string of the molecule is Cl.OC1CCNC[C@@H]1Cc1cc(Br)ccc1Cl. The van der Waals surface area contributed by atoms with E-state index in [-0.39, 0.29) is 24.4 Å². The maximum atomic E-state index is 9.90. The van der Waals surface area contributed by atoms with E-state index in [2.05, 4.69) is 21.2 Å². The third-order valence-corrected chi connectivity index (χ3v) is 3.92. The predicted molar refractivity (Wildman–Crippen MR) is 77.1 cm³/mol. The zero-order valence-electron chi connectivity index (χ0n) is 9.33. The monoisotopic (exact) mass is 339 g/mol. The summed E-state index contributed by atoms with van der Waals surface area (Å²) in [5, 5.41) is 14.0. The minimum Gasteiger partial charge on any atom is -0.393 e. The molecule has 0 saturated carbocycles. The van der Waals surface area contributed by atoms with Crippen molar-refractivity contribution in [3.63, 3.8) is 0 Å². The zero-order valence-corrected chi connectivity index (χ0v) is 12.5. The quantitative estimate of drug-likeness (QED) is 0.867. The Kier molecular flexibility index (Phi) is 6.24. The molecule has 0 aliphatic carbocycles. The van der Waals surface area contributed by atoms with E-state index in [9.17, 15) is 5.11 Å². The van der Waals surface area contributed by atoms with E-state index in [1.54, 1.807) is 0 Å². The second-order valence-electron chi connectivity index (χ2n) is 4.26. The summed E-state index contributed by atoms with van der Waals surface area (Å²) in [4.78, 5) is 0. The minimum atomic E-state index is -0.212. The first-order chi connectivity index (χ1) is 7.66. The summed E-state index contributed by atoms with van der Waals surface area (Å²) in [7, 11) is 0. The van der Waals surface area contributed by atoms with E-state index in [1.807, 2.05) is 18.2 Å². The molecule has 1 heterocycles. The zero-order chi connectivity index (χ0) is 11.5. The van der Waals surface area contributed by atoms with Crippen LogP contribution in [-0.2, 0) is 6.42 Å². The maximum absolute atomic E-state index is 9.90. The smallest absolute Gasteiger partial charge is 0.0595 e. The summed E-state index contributed by atoms with van der Waals surface area (Å²) in [5.41, 5.74) is 1.10. The molecule has 17 heavy (non-hydrogen) atoms. The Morgan fingerprint density at radius 3 is 2.94 bits per heavy atom. The summed E-state index contributed by atoms with van der Waals surface area (Å²) in [5.74, 6) is 0.264. The molecule has 1 aliphatic heterocycles. The van der Waals surface area contributed by atoms with Crippen molar-refractivity contribution in [2.75, 3.05) is 13.1 Å². The molecule has 0 spiro atoms. The van der Waals surface area contributed by atoms with E-state index in [0.717, 1.165) is 41.0 Å². The fourth-order valence-corrected chi connectivity index (χ4v) is 2.70. The highest BCUT2D eigenvalue weighted by atomic mass is 79.9. The van der Waals surface area contributed by atoms with Crippen LogP contribution in [-0.4, -0.2) is 24.3 Å². The van der Waals surface area contributed by atoms with E-state index in [4.69, 9.17) is 11.6 Å². The van der Waals surface area contributed by atoms with Gasteiger partial charge in [0, 0.05) is 22.0 Å². The van der Waals surface area contributed by atoms with Crippen molar-refractivity contribution >= 4 is 39.9 Å². The van der Waals surface area contributed by atoms with Crippen molar-refractivity contribution < 1.29 is 5.11 Å². The van der Waals surface area contributed by atoms with Crippen molar-refractivity contribution in [3.8, 4) is 0 Å². The number of hydrogen-bond donors (Lipinski definition) is 2. The van der Waals surface area contributed by atoms with Crippen LogP contribution in [0.1, 0.15) is 12.0 Å². The third-order valence-electron chi connectivity index (χ3n) is 3.06. The van der Waals surface area contributed by atoms with Gasteiger partial charge in [0.15, 0.2) is 0 Å². The second kappa shape index (κ2) is 6.95. The highest BCUT2D eigenvalue weighted by Crippen LogP contribution is 2.25. The van der Waals surface area contributed by atoms with Crippen molar-refractivity contribution in [1.29, 1.82) is 0 Å². The molecule has 1 aliphatic rings. The van der Waals surface area contributed by atoms with Gasteiger partial charge < -0.3 is 10.4 Å². The van der Waals surface area contributed by atoms with Gasteiger partial charge in [0.2, 0.25) is 0 Å². The second-order valence-corrected chi connectivity index (χ2v) is 5.58. The number of piperidine rings is 1. The summed E-state index contributed by atoms with van der Waals surface area (Å²) in [6.45, 7) is 1.77. The Morgan fingerprint density at radius 1 is 1.47 bits per heavy atom. The highest BCUT2D eigenvalue weighted by molar-refractivity contribution is 9.10. The van der Waals surface area contributed by atoms with Gasteiger partial charge in [-0.3, -0.25) is 0 Å². The van der Waals surface area contributed by atoms with Gasteiger partial charge in [-0.05, 0) is 43.1 Å². The topological polar surface area (TPSA) is 32.3 Å². The summed E-state index contributed by atoms with van der Waals surface area (Å²) >= 11 is 9.58. The fourth-order valence-electron chi connectivity index (χ4n) is 2.10. The van der Waals surface area contributed by atoms with Crippen molar-refractivity contribution in [3.05, 3.63) is 33.3 Å². The molecule has 1 unspecified atom stereocenters. The Bertz CT molecular complexity index is 376. The normalized spacial score (nSPS) is 24.2. The minimum absolute atomic E-state index is 0. The third kappa shape index (κ3) is 4.11. The van der Waals surface area contributed by atoms with E-state index < -0.39 is 0 Å². The Balaban J connectivity index is 0.00000144. The predicted octanol–water partition coefficient (Wildman–Crippen LogP) is 3.04. The number of aliphatic hydroxyl groups is 1. The Hall–Kier alpha value is 0.200. The van der Waals surface area contributed by atoms with Gasteiger partial charge in [-0.15, -0.1) is 12.4 Å². The Labute approximate surface area is 121 Å². The number of benzene rings is 1. The van der Waals surface area contributed by atoms with Crippen LogP contribution in [0.2, 0.25) is 5.02 Å². The van der Waals surface area contributed by atoms with Crippen LogP contribution < -0.4 is 5.32 Å². The molecule has 96 valence electrons. The Morgan fingerprint density at radius 2 is 2.24 bits per heavy atom. The van der Waals surface area contributed by atoms with Gasteiger partial charge in [0.1, 0.15) is 0 Å². The molecule has 5 heteroatoms. The lowest BCUT2D eigenvalue weighted by Crippen LogP contribution is -2.40. The summed E-state index contributed by atoms with van der Waals surface area (Å²) < 4.78 is 1.03. The number of hydrogen-bond acceptors (Lipinski definition) is 2.